The first-order chi connectivity index (χ1) is 6.33. The number of rotatable bonds is 1. The Balaban J connectivity index is 2.67. The van der Waals surface area contributed by atoms with E-state index in [2.05, 4.69) is 9.72 Å². The van der Waals surface area contributed by atoms with E-state index in [1.807, 2.05) is 0 Å². The van der Waals surface area contributed by atoms with Crippen molar-refractivity contribution in [3.8, 4) is 0 Å². The van der Waals surface area contributed by atoms with Crippen molar-refractivity contribution >= 4 is 16.9 Å². The molecule has 0 aromatic carbocycles. The number of methoxy groups -OCH3 is 1. The van der Waals surface area contributed by atoms with E-state index in [4.69, 9.17) is 4.42 Å². The van der Waals surface area contributed by atoms with Gasteiger partial charge in [0.25, 0.3) is 0 Å². The van der Waals surface area contributed by atoms with Gasteiger partial charge in [-0.1, -0.05) is 0 Å². The molecule has 0 saturated carbocycles. The van der Waals surface area contributed by atoms with Crippen molar-refractivity contribution < 1.29 is 13.9 Å². The highest BCUT2D eigenvalue weighted by Gasteiger charge is 2.12. The molecule has 0 aliphatic rings. The lowest BCUT2D eigenvalue weighted by atomic mass is 10.2. The maximum absolute atomic E-state index is 11.2. The first-order valence-electron chi connectivity index (χ1n) is 3.73. The molecule has 66 valence electrons. The Kier molecular flexibility index (Phi) is 1.73. The highest BCUT2D eigenvalue weighted by atomic mass is 16.5. The van der Waals surface area contributed by atoms with E-state index >= 15 is 0 Å². The Morgan fingerprint density at radius 2 is 2.38 bits per heavy atom. The fourth-order valence-corrected chi connectivity index (χ4v) is 1.15. The summed E-state index contributed by atoms with van der Waals surface area (Å²) < 4.78 is 9.68. The van der Waals surface area contributed by atoms with Crippen LogP contribution >= 0.6 is 0 Å². The molecular formula is C9H7NO3. The summed E-state index contributed by atoms with van der Waals surface area (Å²) in [5.74, 6) is -0.452. The minimum atomic E-state index is -0.452. The molecule has 0 unspecified atom stereocenters. The van der Waals surface area contributed by atoms with Crippen molar-refractivity contribution in [2.24, 2.45) is 0 Å². The molecule has 0 N–H and O–H groups in total. The molecule has 0 aliphatic heterocycles. The molecule has 4 heteroatoms. The van der Waals surface area contributed by atoms with Crippen molar-refractivity contribution in [1.82, 2.24) is 4.98 Å². The molecule has 0 radical (unpaired) electrons. The number of hydrogen-bond donors (Lipinski definition) is 0. The predicted octanol–water partition coefficient (Wildman–Crippen LogP) is 1.61. The highest BCUT2D eigenvalue weighted by Crippen LogP contribution is 2.17. The molecule has 2 heterocycles. The monoisotopic (exact) mass is 177 g/mol. The van der Waals surface area contributed by atoms with Gasteiger partial charge in [0.15, 0.2) is 5.69 Å². The number of hydrogen-bond acceptors (Lipinski definition) is 4. The first-order valence-corrected chi connectivity index (χ1v) is 3.73. The topological polar surface area (TPSA) is 52.3 Å². The van der Waals surface area contributed by atoms with Gasteiger partial charge in [0.05, 0.1) is 18.8 Å². The Hall–Kier alpha value is -1.84. The molecule has 0 fully saturated rings. The van der Waals surface area contributed by atoms with Crippen molar-refractivity contribution in [1.29, 1.82) is 0 Å². The smallest absolute Gasteiger partial charge is 0.357 e. The number of esters is 1. The average Bonchev–Trinajstić information content (AvgIpc) is 2.63. The summed E-state index contributed by atoms with van der Waals surface area (Å²) in [5, 5.41) is 0.675. The Labute approximate surface area is 74.1 Å². The van der Waals surface area contributed by atoms with Crippen molar-refractivity contribution in [2.45, 2.75) is 0 Å². The molecule has 0 saturated heterocycles. The van der Waals surface area contributed by atoms with E-state index in [9.17, 15) is 4.79 Å². The lowest BCUT2D eigenvalue weighted by Crippen LogP contribution is -2.03. The van der Waals surface area contributed by atoms with Crippen LogP contribution < -0.4 is 0 Å². The second kappa shape index (κ2) is 2.90. The summed E-state index contributed by atoms with van der Waals surface area (Å²) >= 11 is 0. The molecular weight excluding hydrogens is 170 g/mol. The van der Waals surface area contributed by atoms with E-state index in [1.54, 1.807) is 12.1 Å². The summed E-state index contributed by atoms with van der Waals surface area (Å²) in [6.07, 6.45) is 3.02. The number of fused-ring (bicyclic) bond motifs is 1. The Morgan fingerprint density at radius 3 is 3.15 bits per heavy atom. The second-order valence-corrected chi connectivity index (χ2v) is 2.48. The van der Waals surface area contributed by atoms with Crippen LogP contribution in [-0.4, -0.2) is 18.1 Å². The van der Waals surface area contributed by atoms with Gasteiger partial charge in [-0.3, -0.25) is 0 Å². The number of furan rings is 1. The molecule has 2 rings (SSSR count). The number of carbonyl (C=O) groups excluding carboxylic acids is 1. The molecule has 2 aromatic rings. The summed E-state index contributed by atoms with van der Waals surface area (Å²) in [6.45, 7) is 0. The summed E-state index contributed by atoms with van der Waals surface area (Å²) in [7, 11) is 1.32. The van der Waals surface area contributed by atoms with Crippen molar-refractivity contribution in [3.05, 3.63) is 30.3 Å². The third-order valence-electron chi connectivity index (χ3n) is 1.76. The fraction of sp³-hybridized carbons (Fsp3) is 0.111. The zero-order valence-electron chi connectivity index (χ0n) is 6.98. The number of pyridine rings is 1. The number of nitrogens with zero attached hydrogens (tertiary/aromatic N) is 1. The lowest BCUT2D eigenvalue weighted by molar-refractivity contribution is 0.0596. The maximum Gasteiger partial charge on any atom is 0.357 e. The Morgan fingerprint density at radius 1 is 1.54 bits per heavy atom. The van der Waals surface area contributed by atoms with E-state index in [-0.39, 0.29) is 5.69 Å². The standard InChI is InChI=1S/C9H7NO3/c1-12-9(11)8-6-3-5-13-7(6)2-4-10-8/h2-5H,1H3. The molecule has 0 atom stereocenters. The number of carbonyl (C=O) groups is 1. The van der Waals surface area contributed by atoms with E-state index in [0.29, 0.717) is 11.0 Å². The van der Waals surface area contributed by atoms with E-state index < -0.39 is 5.97 Å². The van der Waals surface area contributed by atoms with Crippen molar-refractivity contribution in [3.63, 3.8) is 0 Å². The molecule has 0 bridgehead atoms. The molecule has 2 aromatic heterocycles. The summed E-state index contributed by atoms with van der Waals surface area (Å²) in [6, 6.07) is 3.39. The maximum atomic E-state index is 11.2. The third-order valence-corrected chi connectivity index (χ3v) is 1.76. The second-order valence-electron chi connectivity index (χ2n) is 2.48. The number of ether oxygens (including phenoxy) is 1. The minimum Gasteiger partial charge on any atom is -0.464 e. The SMILES string of the molecule is COC(=O)c1nccc2occc12. The van der Waals surface area contributed by atoms with Gasteiger partial charge in [-0.15, -0.1) is 0 Å². The van der Waals surface area contributed by atoms with Crippen LogP contribution in [0.3, 0.4) is 0 Å². The van der Waals surface area contributed by atoms with Crippen LogP contribution in [0.5, 0.6) is 0 Å². The van der Waals surface area contributed by atoms with Crippen LogP contribution in [0.2, 0.25) is 0 Å². The van der Waals surface area contributed by atoms with E-state index in [1.165, 1.54) is 19.6 Å². The normalized spacial score (nSPS) is 10.2. The highest BCUT2D eigenvalue weighted by molar-refractivity contribution is 6.00. The minimum absolute atomic E-state index is 0.286. The van der Waals surface area contributed by atoms with Gasteiger partial charge in [-0.05, 0) is 12.1 Å². The predicted molar refractivity (Wildman–Crippen MR) is 45.3 cm³/mol. The van der Waals surface area contributed by atoms with Gasteiger partial charge in [0.1, 0.15) is 5.58 Å². The van der Waals surface area contributed by atoms with Crippen LogP contribution in [-0.2, 0) is 4.74 Å². The van der Waals surface area contributed by atoms with E-state index in [0.717, 1.165) is 0 Å². The number of aromatic nitrogens is 1. The quantitative estimate of drug-likeness (QED) is 0.621. The molecule has 13 heavy (non-hydrogen) atoms. The largest absolute Gasteiger partial charge is 0.464 e. The van der Waals surface area contributed by atoms with Gasteiger partial charge in [-0.2, -0.15) is 0 Å². The third kappa shape index (κ3) is 1.16. The van der Waals surface area contributed by atoms with Crippen LogP contribution in [0.4, 0.5) is 0 Å². The van der Waals surface area contributed by atoms with Crippen molar-refractivity contribution in [2.75, 3.05) is 7.11 Å². The van der Waals surface area contributed by atoms with Gasteiger partial charge >= 0.3 is 5.97 Å². The van der Waals surface area contributed by atoms with Crippen LogP contribution in [0.25, 0.3) is 11.0 Å². The van der Waals surface area contributed by atoms with Gasteiger partial charge in [0, 0.05) is 6.20 Å². The van der Waals surface area contributed by atoms with Gasteiger partial charge in [-0.25, -0.2) is 9.78 Å². The zero-order valence-corrected chi connectivity index (χ0v) is 6.98. The zero-order chi connectivity index (χ0) is 9.26. The Bertz CT molecular complexity index is 447. The van der Waals surface area contributed by atoms with Crippen LogP contribution in [0, 0.1) is 0 Å². The van der Waals surface area contributed by atoms with Crippen LogP contribution in [0.15, 0.2) is 29.0 Å². The molecule has 0 amide bonds. The lowest BCUT2D eigenvalue weighted by Gasteiger charge is -1.97. The van der Waals surface area contributed by atoms with Crippen LogP contribution in [0.1, 0.15) is 10.5 Å². The van der Waals surface area contributed by atoms with Gasteiger partial charge < -0.3 is 9.15 Å². The summed E-state index contributed by atoms with van der Waals surface area (Å²) in [4.78, 5) is 15.1. The first kappa shape index (κ1) is 7.79. The van der Waals surface area contributed by atoms with Gasteiger partial charge in [0.2, 0.25) is 0 Å². The summed E-state index contributed by atoms with van der Waals surface area (Å²) in [5.41, 5.74) is 0.921. The molecule has 0 aliphatic carbocycles. The average molecular weight is 177 g/mol. The fourth-order valence-electron chi connectivity index (χ4n) is 1.15. The molecule has 4 nitrogen and oxygen atoms in total. The molecule has 0 spiro atoms.